The number of hydrogen-bond acceptors (Lipinski definition) is 4. The van der Waals surface area contributed by atoms with E-state index in [1.165, 1.54) is 0 Å². The third-order valence-corrected chi connectivity index (χ3v) is 2.37. The summed E-state index contributed by atoms with van der Waals surface area (Å²) >= 11 is 0. The molecule has 0 saturated heterocycles. The molecule has 2 N–H and O–H groups in total. The van der Waals surface area contributed by atoms with E-state index in [9.17, 15) is 0 Å². The number of aromatic amines is 1. The molecule has 0 spiro atoms. The third-order valence-electron chi connectivity index (χ3n) is 2.37. The molecule has 0 amide bonds. The average molecular weight is 233 g/mol. The van der Waals surface area contributed by atoms with Crippen molar-refractivity contribution in [2.45, 2.75) is 19.6 Å². The maximum absolute atomic E-state index is 8.96. The predicted octanol–water partition coefficient (Wildman–Crippen LogP) is 1.42. The number of benzene rings is 1. The van der Waals surface area contributed by atoms with E-state index >= 15 is 0 Å². The Morgan fingerprint density at radius 2 is 2.12 bits per heavy atom. The van der Waals surface area contributed by atoms with Crippen LogP contribution >= 0.6 is 0 Å². The van der Waals surface area contributed by atoms with Crippen LogP contribution in [0.15, 0.2) is 30.3 Å². The maximum Gasteiger partial charge on any atom is 0.184 e. The van der Waals surface area contributed by atoms with Crippen molar-refractivity contribution in [3.63, 3.8) is 0 Å². The summed E-state index contributed by atoms with van der Waals surface area (Å²) in [7, 11) is 0. The minimum absolute atomic E-state index is 0.152. The van der Waals surface area contributed by atoms with Gasteiger partial charge in [-0.1, -0.05) is 30.3 Å². The van der Waals surface area contributed by atoms with Crippen LogP contribution in [0.3, 0.4) is 0 Å². The van der Waals surface area contributed by atoms with E-state index in [2.05, 4.69) is 15.2 Å². The molecule has 0 aliphatic carbocycles. The average Bonchev–Trinajstić information content (AvgIpc) is 2.85. The number of rotatable bonds is 5. The number of H-pyrrole nitrogens is 1. The van der Waals surface area contributed by atoms with Crippen molar-refractivity contribution in [1.29, 1.82) is 0 Å². The first kappa shape index (κ1) is 11.8. The fourth-order valence-corrected chi connectivity index (χ4v) is 1.61. The van der Waals surface area contributed by atoms with Crippen LogP contribution in [0.5, 0.6) is 0 Å². The zero-order valence-electron chi connectivity index (χ0n) is 9.63. The highest BCUT2D eigenvalue weighted by Gasteiger charge is 2.18. The topological polar surface area (TPSA) is 71.0 Å². The minimum Gasteiger partial charge on any atom is -0.388 e. The van der Waals surface area contributed by atoms with Gasteiger partial charge in [-0.05, 0) is 12.5 Å². The van der Waals surface area contributed by atoms with Gasteiger partial charge in [-0.2, -0.15) is 5.10 Å². The Morgan fingerprint density at radius 1 is 1.35 bits per heavy atom. The Labute approximate surface area is 99.5 Å². The van der Waals surface area contributed by atoms with E-state index in [1.54, 1.807) is 0 Å². The zero-order valence-corrected chi connectivity index (χ0v) is 9.63. The van der Waals surface area contributed by atoms with E-state index in [0.29, 0.717) is 18.3 Å². The SMILES string of the molecule is CCOC(c1ccccc1)c1n[nH]c(CO)n1. The van der Waals surface area contributed by atoms with E-state index in [4.69, 9.17) is 9.84 Å². The zero-order chi connectivity index (χ0) is 12.1. The van der Waals surface area contributed by atoms with Crippen LogP contribution in [-0.4, -0.2) is 26.9 Å². The quantitative estimate of drug-likeness (QED) is 0.819. The lowest BCUT2D eigenvalue weighted by Crippen LogP contribution is -2.08. The fraction of sp³-hybridized carbons (Fsp3) is 0.333. The number of hydrogen-bond donors (Lipinski definition) is 2. The molecule has 1 heterocycles. The number of nitrogens with zero attached hydrogens (tertiary/aromatic N) is 2. The lowest BCUT2D eigenvalue weighted by Gasteiger charge is -2.13. The second-order valence-electron chi connectivity index (χ2n) is 3.54. The van der Waals surface area contributed by atoms with Gasteiger partial charge in [0.1, 0.15) is 18.5 Å². The van der Waals surface area contributed by atoms with Gasteiger partial charge in [0.05, 0.1) is 0 Å². The van der Waals surface area contributed by atoms with E-state index in [0.717, 1.165) is 5.56 Å². The molecule has 5 nitrogen and oxygen atoms in total. The van der Waals surface area contributed by atoms with E-state index < -0.39 is 0 Å². The van der Waals surface area contributed by atoms with E-state index in [1.807, 2.05) is 37.3 Å². The largest absolute Gasteiger partial charge is 0.388 e. The van der Waals surface area contributed by atoms with Crippen molar-refractivity contribution in [3.8, 4) is 0 Å². The Bertz CT molecular complexity index is 456. The number of aliphatic hydroxyl groups excluding tert-OH is 1. The van der Waals surface area contributed by atoms with Crippen molar-refractivity contribution >= 4 is 0 Å². The van der Waals surface area contributed by atoms with Crippen LogP contribution in [0.25, 0.3) is 0 Å². The highest BCUT2D eigenvalue weighted by Crippen LogP contribution is 2.22. The first-order valence-electron chi connectivity index (χ1n) is 5.53. The number of aromatic nitrogens is 3. The first-order valence-corrected chi connectivity index (χ1v) is 5.53. The number of ether oxygens (including phenoxy) is 1. The van der Waals surface area contributed by atoms with Crippen LogP contribution in [0.2, 0.25) is 0 Å². The van der Waals surface area contributed by atoms with Crippen LogP contribution in [0, 0.1) is 0 Å². The molecule has 1 unspecified atom stereocenters. The second kappa shape index (κ2) is 5.56. The summed E-state index contributed by atoms with van der Waals surface area (Å²) in [5.74, 6) is 0.989. The summed E-state index contributed by atoms with van der Waals surface area (Å²) in [4.78, 5) is 4.18. The van der Waals surface area contributed by atoms with Crippen LogP contribution in [0.4, 0.5) is 0 Å². The molecule has 0 aliphatic rings. The fourth-order valence-electron chi connectivity index (χ4n) is 1.61. The molecule has 0 fully saturated rings. The molecule has 0 radical (unpaired) electrons. The molecule has 5 heteroatoms. The van der Waals surface area contributed by atoms with Gasteiger partial charge in [0, 0.05) is 6.61 Å². The maximum atomic E-state index is 8.96. The van der Waals surface area contributed by atoms with Gasteiger partial charge < -0.3 is 9.84 Å². The molecule has 0 bridgehead atoms. The summed E-state index contributed by atoms with van der Waals surface area (Å²) < 4.78 is 5.65. The lowest BCUT2D eigenvalue weighted by atomic mass is 10.1. The van der Waals surface area contributed by atoms with Gasteiger partial charge >= 0.3 is 0 Å². The molecule has 1 aromatic carbocycles. The summed E-state index contributed by atoms with van der Waals surface area (Å²) in [6.45, 7) is 2.35. The van der Waals surface area contributed by atoms with Gasteiger partial charge in [0.25, 0.3) is 0 Å². The van der Waals surface area contributed by atoms with E-state index in [-0.39, 0.29) is 12.7 Å². The van der Waals surface area contributed by atoms with Crippen molar-refractivity contribution in [2.24, 2.45) is 0 Å². The Morgan fingerprint density at radius 3 is 2.71 bits per heavy atom. The molecule has 2 rings (SSSR count). The highest BCUT2D eigenvalue weighted by molar-refractivity contribution is 5.22. The summed E-state index contributed by atoms with van der Waals surface area (Å²) in [5, 5.41) is 15.7. The molecule has 1 aromatic heterocycles. The Hall–Kier alpha value is -1.72. The molecule has 1 atom stereocenters. The molecular formula is C12H15N3O2. The number of aliphatic hydroxyl groups is 1. The lowest BCUT2D eigenvalue weighted by molar-refractivity contribution is 0.0853. The van der Waals surface area contributed by atoms with Gasteiger partial charge in [-0.15, -0.1) is 0 Å². The van der Waals surface area contributed by atoms with Gasteiger partial charge in [-0.3, -0.25) is 5.10 Å². The first-order chi connectivity index (χ1) is 8.35. The molecule has 17 heavy (non-hydrogen) atoms. The summed E-state index contributed by atoms with van der Waals surface area (Å²) in [6, 6.07) is 9.77. The normalized spacial score (nSPS) is 12.6. The molecule has 0 aliphatic heterocycles. The highest BCUT2D eigenvalue weighted by atomic mass is 16.5. The molecule has 90 valence electrons. The monoisotopic (exact) mass is 233 g/mol. The van der Waals surface area contributed by atoms with Crippen LogP contribution in [-0.2, 0) is 11.3 Å². The smallest absolute Gasteiger partial charge is 0.184 e. The second-order valence-corrected chi connectivity index (χ2v) is 3.54. The standard InChI is InChI=1S/C12H15N3O2/c1-2-17-11(9-6-4-3-5-7-9)12-13-10(8-16)14-15-12/h3-7,11,16H,2,8H2,1H3,(H,13,14,15). The van der Waals surface area contributed by atoms with Gasteiger partial charge in [0.15, 0.2) is 5.82 Å². The van der Waals surface area contributed by atoms with Crippen LogP contribution < -0.4 is 0 Å². The van der Waals surface area contributed by atoms with Crippen LogP contribution in [0.1, 0.15) is 30.2 Å². The molecular weight excluding hydrogens is 218 g/mol. The molecule has 0 saturated carbocycles. The predicted molar refractivity (Wildman–Crippen MR) is 62.2 cm³/mol. The summed E-state index contributed by atoms with van der Waals surface area (Å²) in [6.07, 6.45) is -0.294. The van der Waals surface area contributed by atoms with Crippen molar-refractivity contribution in [3.05, 3.63) is 47.5 Å². The summed E-state index contributed by atoms with van der Waals surface area (Å²) in [5.41, 5.74) is 0.998. The molecule has 2 aromatic rings. The van der Waals surface area contributed by atoms with Crippen molar-refractivity contribution < 1.29 is 9.84 Å². The van der Waals surface area contributed by atoms with Gasteiger partial charge in [0.2, 0.25) is 0 Å². The Balaban J connectivity index is 2.28. The third kappa shape index (κ3) is 2.69. The van der Waals surface area contributed by atoms with Crippen molar-refractivity contribution in [1.82, 2.24) is 15.2 Å². The van der Waals surface area contributed by atoms with Crippen molar-refractivity contribution in [2.75, 3.05) is 6.61 Å². The minimum atomic E-state index is -0.294. The number of nitrogens with one attached hydrogen (secondary N) is 1. The van der Waals surface area contributed by atoms with Gasteiger partial charge in [-0.25, -0.2) is 4.98 Å². The Kier molecular flexibility index (Phi) is 3.85.